The van der Waals surface area contributed by atoms with Crippen molar-refractivity contribution in [1.29, 1.82) is 0 Å². The molecule has 1 aliphatic carbocycles. The molecule has 0 atom stereocenters. The molecule has 1 nitrogen and oxygen atoms in total. The molecule has 1 aromatic rings. The molecule has 17 heavy (non-hydrogen) atoms. The maximum absolute atomic E-state index is 12.7. The van der Waals surface area contributed by atoms with Crippen LogP contribution in [0, 0.1) is 18.3 Å². The van der Waals surface area contributed by atoms with Gasteiger partial charge in [0.25, 0.3) is 0 Å². The van der Waals surface area contributed by atoms with Crippen LogP contribution in [0.15, 0.2) is 18.2 Å². The van der Waals surface area contributed by atoms with Crippen LogP contribution in [0.5, 0.6) is 5.75 Å². The van der Waals surface area contributed by atoms with Crippen molar-refractivity contribution < 1.29 is 17.9 Å². The van der Waals surface area contributed by atoms with E-state index in [1.165, 1.54) is 12.1 Å². The molecule has 1 fully saturated rings. The largest absolute Gasteiger partial charge is 0.493 e. The molecule has 0 aliphatic heterocycles. The van der Waals surface area contributed by atoms with E-state index < -0.39 is 11.7 Å². The van der Waals surface area contributed by atoms with Crippen LogP contribution in [-0.2, 0) is 6.18 Å². The van der Waals surface area contributed by atoms with Crippen LogP contribution in [0.1, 0.15) is 24.0 Å². The predicted molar refractivity (Wildman–Crippen MR) is 57.6 cm³/mol. The topological polar surface area (TPSA) is 9.23 Å². The molecule has 0 heterocycles. The predicted octanol–water partition coefficient (Wildman–Crippen LogP) is 3.48. The van der Waals surface area contributed by atoms with Gasteiger partial charge in [-0.3, -0.25) is 0 Å². The fourth-order valence-electron chi connectivity index (χ4n) is 1.47. The fourth-order valence-corrected chi connectivity index (χ4v) is 1.47. The SMILES string of the molecule is C#Cc1ccc(OCC2CC2)cc1C(F)(F)F. The first-order chi connectivity index (χ1) is 8.00. The minimum Gasteiger partial charge on any atom is -0.493 e. The third-order valence-electron chi connectivity index (χ3n) is 2.63. The zero-order valence-corrected chi connectivity index (χ0v) is 9.05. The minimum absolute atomic E-state index is 0.156. The van der Waals surface area contributed by atoms with Crippen molar-refractivity contribution in [1.82, 2.24) is 0 Å². The van der Waals surface area contributed by atoms with E-state index in [4.69, 9.17) is 11.2 Å². The molecule has 2 rings (SSSR count). The molecule has 0 bridgehead atoms. The van der Waals surface area contributed by atoms with E-state index in [-0.39, 0.29) is 11.3 Å². The first kappa shape index (κ1) is 11.8. The van der Waals surface area contributed by atoms with Crippen molar-refractivity contribution >= 4 is 0 Å². The van der Waals surface area contributed by atoms with Gasteiger partial charge in [0.1, 0.15) is 5.75 Å². The highest BCUT2D eigenvalue weighted by Crippen LogP contribution is 2.35. The van der Waals surface area contributed by atoms with E-state index >= 15 is 0 Å². The molecule has 90 valence electrons. The average Bonchev–Trinajstić information content (AvgIpc) is 3.08. The number of alkyl halides is 3. The smallest absolute Gasteiger partial charge is 0.417 e. The van der Waals surface area contributed by atoms with Crippen molar-refractivity contribution in [2.24, 2.45) is 5.92 Å². The number of hydrogen-bond donors (Lipinski definition) is 0. The molecule has 4 heteroatoms. The van der Waals surface area contributed by atoms with Crippen LogP contribution in [-0.4, -0.2) is 6.61 Å². The molecular weight excluding hydrogens is 229 g/mol. The van der Waals surface area contributed by atoms with Crippen LogP contribution in [0.3, 0.4) is 0 Å². The molecule has 1 aromatic carbocycles. The molecule has 0 N–H and O–H groups in total. The number of ether oxygens (including phenoxy) is 1. The number of terminal acetylenes is 1. The Labute approximate surface area is 97.6 Å². The monoisotopic (exact) mass is 240 g/mol. The summed E-state index contributed by atoms with van der Waals surface area (Å²) < 4.78 is 43.3. The lowest BCUT2D eigenvalue weighted by atomic mass is 10.1. The zero-order valence-electron chi connectivity index (χ0n) is 9.05. The van der Waals surface area contributed by atoms with Crippen LogP contribution >= 0.6 is 0 Å². The Morgan fingerprint density at radius 2 is 2.06 bits per heavy atom. The molecule has 0 radical (unpaired) electrons. The second-order valence-corrected chi connectivity index (χ2v) is 4.10. The third kappa shape index (κ3) is 2.94. The molecule has 1 saturated carbocycles. The quantitative estimate of drug-likeness (QED) is 0.735. The highest BCUT2D eigenvalue weighted by atomic mass is 19.4. The van der Waals surface area contributed by atoms with Crippen LogP contribution < -0.4 is 4.74 Å². The summed E-state index contributed by atoms with van der Waals surface area (Å²) in [5, 5.41) is 0. The van der Waals surface area contributed by atoms with E-state index in [0.717, 1.165) is 18.9 Å². The molecular formula is C13H11F3O. The Hall–Kier alpha value is -1.63. The van der Waals surface area contributed by atoms with E-state index in [1.807, 2.05) is 5.92 Å². The number of rotatable bonds is 3. The van der Waals surface area contributed by atoms with Crippen molar-refractivity contribution in [3.63, 3.8) is 0 Å². The van der Waals surface area contributed by atoms with Crippen LogP contribution in [0.2, 0.25) is 0 Å². The van der Waals surface area contributed by atoms with E-state index in [2.05, 4.69) is 0 Å². The number of benzene rings is 1. The second-order valence-electron chi connectivity index (χ2n) is 4.10. The maximum atomic E-state index is 12.7. The molecule has 0 amide bonds. The van der Waals surface area contributed by atoms with Crippen molar-refractivity contribution in [2.45, 2.75) is 19.0 Å². The summed E-state index contributed by atoms with van der Waals surface area (Å²) >= 11 is 0. The average molecular weight is 240 g/mol. The highest BCUT2D eigenvalue weighted by molar-refractivity contribution is 5.45. The lowest BCUT2D eigenvalue weighted by Gasteiger charge is -2.12. The van der Waals surface area contributed by atoms with Gasteiger partial charge in [0.2, 0.25) is 0 Å². The maximum Gasteiger partial charge on any atom is 0.417 e. The van der Waals surface area contributed by atoms with Gasteiger partial charge in [0.15, 0.2) is 0 Å². The van der Waals surface area contributed by atoms with Crippen molar-refractivity contribution in [3.8, 4) is 18.1 Å². The molecule has 1 aliphatic rings. The van der Waals surface area contributed by atoms with E-state index in [1.54, 1.807) is 0 Å². The Balaban J connectivity index is 2.21. The summed E-state index contributed by atoms with van der Waals surface area (Å²) in [6.45, 7) is 0.479. The Kier molecular flexibility index (Phi) is 3.01. The van der Waals surface area contributed by atoms with Crippen LogP contribution in [0.25, 0.3) is 0 Å². The van der Waals surface area contributed by atoms with Gasteiger partial charge in [-0.25, -0.2) is 0 Å². The first-order valence-corrected chi connectivity index (χ1v) is 5.31. The summed E-state index contributed by atoms with van der Waals surface area (Å²) in [5.74, 6) is 2.75. The van der Waals surface area contributed by atoms with Gasteiger partial charge in [-0.05, 0) is 37.0 Å². The standard InChI is InChI=1S/C13H11F3O/c1-2-10-5-6-11(17-8-9-3-4-9)7-12(10)13(14,15)16/h1,5-7,9H,3-4,8H2. The van der Waals surface area contributed by atoms with Gasteiger partial charge in [-0.1, -0.05) is 5.92 Å². The molecule has 0 aromatic heterocycles. The highest BCUT2D eigenvalue weighted by Gasteiger charge is 2.33. The molecule has 0 saturated heterocycles. The number of halogens is 3. The summed E-state index contributed by atoms with van der Waals surface area (Å²) in [5.41, 5.74) is -0.968. The lowest BCUT2D eigenvalue weighted by Crippen LogP contribution is -2.09. The second kappa shape index (κ2) is 4.33. The summed E-state index contributed by atoms with van der Waals surface area (Å²) in [4.78, 5) is 0. The third-order valence-corrected chi connectivity index (χ3v) is 2.63. The van der Waals surface area contributed by atoms with E-state index in [0.29, 0.717) is 12.5 Å². The van der Waals surface area contributed by atoms with Gasteiger partial charge in [-0.15, -0.1) is 6.42 Å². The molecule has 0 unspecified atom stereocenters. The minimum atomic E-state index is -4.44. The van der Waals surface area contributed by atoms with E-state index in [9.17, 15) is 13.2 Å². The summed E-state index contributed by atoms with van der Waals surface area (Å²) in [7, 11) is 0. The fraction of sp³-hybridized carbons (Fsp3) is 0.385. The normalized spacial score (nSPS) is 15.4. The summed E-state index contributed by atoms with van der Waals surface area (Å²) in [6.07, 6.45) is 2.78. The summed E-state index contributed by atoms with van der Waals surface area (Å²) in [6, 6.07) is 3.72. The van der Waals surface area contributed by atoms with Crippen LogP contribution in [0.4, 0.5) is 13.2 Å². The van der Waals surface area contributed by atoms with Gasteiger partial charge < -0.3 is 4.74 Å². The molecule has 0 spiro atoms. The first-order valence-electron chi connectivity index (χ1n) is 5.31. The van der Waals surface area contributed by atoms with Gasteiger partial charge in [-0.2, -0.15) is 13.2 Å². The lowest BCUT2D eigenvalue weighted by molar-refractivity contribution is -0.137. The Bertz CT molecular complexity index is 453. The zero-order chi connectivity index (χ0) is 12.5. The van der Waals surface area contributed by atoms with Gasteiger partial charge in [0.05, 0.1) is 12.2 Å². The van der Waals surface area contributed by atoms with Crippen molar-refractivity contribution in [2.75, 3.05) is 6.61 Å². The Morgan fingerprint density at radius 3 is 2.59 bits per heavy atom. The van der Waals surface area contributed by atoms with Gasteiger partial charge in [0, 0.05) is 5.56 Å². The van der Waals surface area contributed by atoms with Crippen molar-refractivity contribution in [3.05, 3.63) is 29.3 Å². The van der Waals surface area contributed by atoms with Gasteiger partial charge >= 0.3 is 6.18 Å². The Morgan fingerprint density at radius 1 is 1.35 bits per heavy atom. The number of hydrogen-bond acceptors (Lipinski definition) is 1.